The average molecular weight is 275 g/mol. The molecule has 3 atom stereocenters. The quantitative estimate of drug-likeness (QED) is 0.918. The number of aryl methyl sites for hydroxylation is 1. The largest absolute Gasteiger partial charge is 0.496 e. The third kappa shape index (κ3) is 2.03. The Hall–Kier alpha value is -1.09. The van der Waals surface area contributed by atoms with Gasteiger partial charge in [-0.3, -0.25) is 4.98 Å². The number of pyridine rings is 1. The number of ether oxygens (including phenoxy) is 1. The number of aliphatic hydroxyl groups is 1. The minimum absolute atomic E-state index is 0.0704. The molecule has 0 saturated heterocycles. The molecule has 3 rings (SSSR count). The molecule has 110 valence electrons. The fourth-order valence-corrected chi connectivity index (χ4v) is 4.61. The minimum atomic E-state index is 0.0704. The molecule has 1 heterocycles. The predicted octanol–water partition coefficient (Wildman–Crippen LogP) is 3.05. The molecule has 2 bridgehead atoms. The van der Waals surface area contributed by atoms with Gasteiger partial charge < -0.3 is 9.84 Å². The van der Waals surface area contributed by atoms with Gasteiger partial charge in [0.15, 0.2) is 0 Å². The summed E-state index contributed by atoms with van der Waals surface area (Å²) in [6, 6.07) is 0. The van der Waals surface area contributed by atoms with E-state index in [2.05, 4.69) is 11.9 Å². The molecule has 3 unspecified atom stereocenters. The maximum absolute atomic E-state index is 10.0. The van der Waals surface area contributed by atoms with E-state index in [4.69, 9.17) is 4.74 Å². The van der Waals surface area contributed by atoms with Crippen LogP contribution in [0.15, 0.2) is 6.20 Å². The number of hydrogen-bond acceptors (Lipinski definition) is 3. The summed E-state index contributed by atoms with van der Waals surface area (Å²) in [5.74, 6) is 2.47. The van der Waals surface area contributed by atoms with Crippen molar-refractivity contribution < 1.29 is 9.84 Å². The molecule has 20 heavy (non-hydrogen) atoms. The highest BCUT2D eigenvalue weighted by molar-refractivity contribution is 5.41. The van der Waals surface area contributed by atoms with Crippen LogP contribution in [0, 0.1) is 31.1 Å². The summed E-state index contributed by atoms with van der Waals surface area (Å²) in [7, 11) is 1.72. The summed E-state index contributed by atoms with van der Waals surface area (Å²) in [4.78, 5) is 4.64. The zero-order valence-corrected chi connectivity index (χ0v) is 12.8. The van der Waals surface area contributed by atoms with Gasteiger partial charge in [-0.1, -0.05) is 6.42 Å². The molecule has 0 spiro atoms. The number of fused-ring (bicyclic) bond motifs is 2. The molecule has 0 aliphatic heterocycles. The van der Waals surface area contributed by atoms with Crippen molar-refractivity contribution in [2.45, 2.75) is 46.0 Å². The van der Waals surface area contributed by atoms with Crippen LogP contribution in [-0.2, 0) is 6.42 Å². The Balaban J connectivity index is 1.91. The summed E-state index contributed by atoms with van der Waals surface area (Å²) >= 11 is 0. The first kappa shape index (κ1) is 13.9. The third-order valence-electron chi connectivity index (χ3n) is 5.69. The molecule has 3 nitrogen and oxygen atoms in total. The van der Waals surface area contributed by atoms with Crippen molar-refractivity contribution in [2.24, 2.45) is 17.3 Å². The first-order chi connectivity index (χ1) is 9.59. The smallest absolute Gasteiger partial charge is 0.128 e. The van der Waals surface area contributed by atoms with Crippen molar-refractivity contribution in [3.8, 4) is 5.75 Å². The van der Waals surface area contributed by atoms with E-state index in [9.17, 15) is 5.11 Å². The van der Waals surface area contributed by atoms with Crippen LogP contribution in [-0.4, -0.2) is 23.8 Å². The number of aromatic nitrogens is 1. The number of nitrogens with zero attached hydrogens (tertiary/aromatic N) is 1. The molecule has 0 radical (unpaired) electrons. The zero-order chi connectivity index (χ0) is 14.3. The number of methoxy groups -OCH3 is 1. The number of rotatable bonds is 4. The van der Waals surface area contributed by atoms with Gasteiger partial charge in [-0.15, -0.1) is 0 Å². The normalized spacial score (nSPS) is 31.8. The summed E-state index contributed by atoms with van der Waals surface area (Å²) in [6.45, 7) is 4.42. The topological polar surface area (TPSA) is 42.4 Å². The van der Waals surface area contributed by atoms with Gasteiger partial charge in [-0.25, -0.2) is 0 Å². The van der Waals surface area contributed by atoms with Crippen LogP contribution in [0.5, 0.6) is 5.75 Å². The van der Waals surface area contributed by atoms with Crippen LogP contribution in [0.2, 0.25) is 0 Å². The molecule has 2 saturated carbocycles. The molecule has 3 heteroatoms. The van der Waals surface area contributed by atoms with Crippen LogP contribution in [0.3, 0.4) is 0 Å². The standard InChI is InChI=1S/C17H25NO2/c1-11-9-18-15(12(2)16(11)20-3)8-17(10-19)7-13-4-5-14(17)6-13/h9,13-14,19H,4-8,10H2,1-3H3. The maximum atomic E-state index is 10.0. The molecule has 0 amide bonds. The van der Waals surface area contributed by atoms with Crippen molar-refractivity contribution in [3.63, 3.8) is 0 Å². The van der Waals surface area contributed by atoms with Gasteiger partial charge in [0.2, 0.25) is 0 Å². The van der Waals surface area contributed by atoms with Gasteiger partial charge in [0.25, 0.3) is 0 Å². The van der Waals surface area contributed by atoms with Crippen LogP contribution >= 0.6 is 0 Å². The fraction of sp³-hybridized carbons (Fsp3) is 0.706. The van der Waals surface area contributed by atoms with E-state index in [1.165, 1.54) is 25.7 Å². The lowest BCUT2D eigenvalue weighted by atomic mass is 9.70. The molecular formula is C17H25NO2. The Morgan fingerprint density at radius 1 is 1.40 bits per heavy atom. The highest BCUT2D eigenvalue weighted by Crippen LogP contribution is 2.57. The van der Waals surface area contributed by atoms with Gasteiger partial charge in [0.05, 0.1) is 7.11 Å². The molecule has 0 aromatic carbocycles. The number of hydrogen-bond donors (Lipinski definition) is 1. The lowest BCUT2D eigenvalue weighted by molar-refractivity contribution is 0.0640. The Bertz CT molecular complexity index is 514. The first-order valence-electron chi connectivity index (χ1n) is 7.69. The SMILES string of the molecule is COc1c(C)cnc(CC2(CO)CC3CCC2C3)c1C. The summed E-state index contributed by atoms with van der Waals surface area (Å²) in [6.07, 6.45) is 7.92. The molecule has 2 aliphatic rings. The molecule has 1 N–H and O–H groups in total. The van der Waals surface area contributed by atoms with Gasteiger partial charge in [0.1, 0.15) is 5.75 Å². The highest BCUT2D eigenvalue weighted by Gasteiger charge is 2.50. The lowest BCUT2D eigenvalue weighted by Gasteiger charge is -2.36. The van der Waals surface area contributed by atoms with Gasteiger partial charge in [-0.05, 0) is 51.4 Å². The van der Waals surface area contributed by atoms with Crippen LogP contribution in [0.25, 0.3) is 0 Å². The van der Waals surface area contributed by atoms with Gasteiger partial charge >= 0.3 is 0 Å². The van der Waals surface area contributed by atoms with Crippen molar-refractivity contribution in [1.29, 1.82) is 0 Å². The molecule has 2 aliphatic carbocycles. The molecule has 1 aromatic heterocycles. The Morgan fingerprint density at radius 3 is 2.75 bits per heavy atom. The van der Waals surface area contributed by atoms with Gasteiger partial charge in [-0.2, -0.15) is 0 Å². The second-order valence-corrected chi connectivity index (χ2v) is 6.82. The predicted molar refractivity (Wildman–Crippen MR) is 78.9 cm³/mol. The third-order valence-corrected chi connectivity index (χ3v) is 5.69. The Kier molecular flexibility index (Phi) is 3.49. The van der Waals surface area contributed by atoms with E-state index in [0.717, 1.165) is 34.9 Å². The lowest BCUT2D eigenvalue weighted by Crippen LogP contribution is -2.34. The summed E-state index contributed by atoms with van der Waals surface area (Å²) < 4.78 is 5.51. The second-order valence-electron chi connectivity index (χ2n) is 6.82. The Morgan fingerprint density at radius 2 is 2.20 bits per heavy atom. The maximum Gasteiger partial charge on any atom is 0.128 e. The van der Waals surface area contributed by atoms with Crippen molar-refractivity contribution in [3.05, 3.63) is 23.0 Å². The minimum Gasteiger partial charge on any atom is -0.496 e. The fourth-order valence-electron chi connectivity index (χ4n) is 4.61. The van der Waals surface area contributed by atoms with Crippen molar-refractivity contribution in [1.82, 2.24) is 4.98 Å². The second kappa shape index (κ2) is 5.03. The van der Waals surface area contributed by atoms with E-state index < -0.39 is 0 Å². The van der Waals surface area contributed by atoms with E-state index in [0.29, 0.717) is 12.5 Å². The summed E-state index contributed by atoms with van der Waals surface area (Å²) in [5, 5.41) is 10.0. The van der Waals surface area contributed by atoms with E-state index in [1.807, 2.05) is 13.1 Å². The number of aliphatic hydroxyl groups excluding tert-OH is 1. The average Bonchev–Trinajstić information content (AvgIpc) is 3.04. The van der Waals surface area contributed by atoms with E-state index in [1.54, 1.807) is 7.11 Å². The molecular weight excluding hydrogens is 250 g/mol. The summed E-state index contributed by atoms with van der Waals surface area (Å²) in [5.41, 5.74) is 3.40. The van der Waals surface area contributed by atoms with E-state index in [-0.39, 0.29) is 5.41 Å². The Labute approximate surface area is 121 Å². The zero-order valence-electron chi connectivity index (χ0n) is 12.8. The van der Waals surface area contributed by atoms with Crippen LogP contribution in [0.1, 0.15) is 42.5 Å². The van der Waals surface area contributed by atoms with Crippen LogP contribution < -0.4 is 4.74 Å². The van der Waals surface area contributed by atoms with Crippen molar-refractivity contribution >= 4 is 0 Å². The van der Waals surface area contributed by atoms with Crippen LogP contribution in [0.4, 0.5) is 0 Å². The molecule has 1 aromatic rings. The monoisotopic (exact) mass is 275 g/mol. The van der Waals surface area contributed by atoms with Gasteiger partial charge in [0, 0.05) is 35.0 Å². The first-order valence-corrected chi connectivity index (χ1v) is 7.69. The molecule has 2 fully saturated rings. The highest BCUT2D eigenvalue weighted by atomic mass is 16.5. The van der Waals surface area contributed by atoms with E-state index >= 15 is 0 Å². The van der Waals surface area contributed by atoms with Crippen molar-refractivity contribution in [2.75, 3.05) is 13.7 Å².